The van der Waals surface area contributed by atoms with Crippen molar-refractivity contribution in [3.8, 4) is 0 Å². The number of carbonyl (C=O) groups is 2. The maximum absolute atomic E-state index is 12.5. The van der Waals surface area contributed by atoms with Crippen molar-refractivity contribution in [3.63, 3.8) is 0 Å². The standard InChI is InChI=1S/C19H28N4O2/c1-4-21(5-2)19(25)23-12-10-22(11-13-23)16-7-8-17-15(14-16)6-9-18(24)20(17)3/h7-8,14H,4-6,9-13H2,1-3H3. The molecule has 0 aliphatic carbocycles. The highest BCUT2D eigenvalue weighted by Gasteiger charge is 2.26. The zero-order valence-corrected chi connectivity index (χ0v) is 15.5. The number of nitrogens with zero attached hydrogens (tertiary/aromatic N) is 4. The van der Waals surface area contributed by atoms with E-state index in [4.69, 9.17) is 0 Å². The molecular formula is C19H28N4O2. The summed E-state index contributed by atoms with van der Waals surface area (Å²) in [6.07, 6.45) is 1.39. The highest BCUT2D eigenvalue weighted by Crippen LogP contribution is 2.31. The van der Waals surface area contributed by atoms with E-state index in [1.165, 1.54) is 11.3 Å². The molecule has 0 unspecified atom stereocenters. The normalized spacial score (nSPS) is 17.6. The van der Waals surface area contributed by atoms with Gasteiger partial charge in [-0.15, -0.1) is 0 Å². The first-order chi connectivity index (χ1) is 12.0. The molecule has 6 nitrogen and oxygen atoms in total. The van der Waals surface area contributed by atoms with Crippen LogP contribution in [0.3, 0.4) is 0 Å². The maximum Gasteiger partial charge on any atom is 0.320 e. The molecule has 6 heteroatoms. The van der Waals surface area contributed by atoms with Crippen LogP contribution in [0.25, 0.3) is 0 Å². The van der Waals surface area contributed by atoms with Gasteiger partial charge in [0.05, 0.1) is 0 Å². The minimum absolute atomic E-state index is 0.148. The molecule has 0 spiro atoms. The van der Waals surface area contributed by atoms with Gasteiger partial charge in [0, 0.05) is 64.1 Å². The fourth-order valence-electron chi connectivity index (χ4n) is 3.69. The summed E-state index contributed by atoms with van der Waals surface area (Å²) in [6.45, 7) is 8.76. The summed E-state index contributed by atoms with van der Waals surface area (Å²) in [5.41, 5.74) is 3.45. The van der Waals surface area contributed by atoms with E-state index in [9.17, 15) is 9.59 Å². The molecule has 2 aliphatic heterocycles. The van der Waals surface area contributed by atoms with Crippen LogP contribution in [0.5, 0.6) is 0 Å². The Hall–Kier alpha value is -2.24. The molecule has 2 aliphatic rings. The van der Waals surface area contributed by atoms with Crippen LogP contribution >= 0.6 is 0 Å². The topological polar surface area (TPSA) is 47.1 Å². The quantitative estimate of drug-likeness (QED) is 0.844. The molecule has 2 heterocycles. The molecule has 1 aromatic rings. The number of hydrogen-bond acceptors (Lipinski definition) is 3. The Morgan fingerprint density at radius 2 is 1.76 bits per heavy atom. The third-order valence-corrected chi connectivity index (χ3v) is 5.36. The second-order valence-electron chi connectivity index (χ2n) is 6.69. The predicted molar refractivity (Wildman–Crippen MR) is 100 cm³/mol. The first-order valence-electron chi connectivity index (χ1n) is 9.23. The summed E-state index contributed by atoms with van der Waals surface area (Å²) in [4.78, 5) is 32.2. The Balaban J connectivity index is 1.66. The highest BCUT2D eigenvalue weighted by molar-refractivity contribution is 5.96. The zero-order valence-electron chi connectivity index (χ0n) is 15.5. The largest absolute Gasteiger partial charge is 0.368 e. The van der Waals surface area contributed by atoms with E-state index in [1.54, 1.807) is 4.90 Å². The van der Waals surface area contributed by atoms with Gasteiger partial charge in [-0.2, -0.15) is 0 Å². The van der Waals surface area contributed by atoms with Crippen LogP contribution in [0.2, 0.25) is 0 Å². The van der Waals surface area contributed by atoms with Crippen molar-refractivity contribution in [1.29, 1.82) is 0 Å². The third kappa shape index (κ3) is 3.43. The Morgan fingerprint density at radius 3 is 2.40 bits per heavy atom. The molecule has 1 fully saturated rings. The van der Waals surface area contributed by atoms with Gasteiger partial charge in [0.1, 0.15) is 0 Å². The molecular weight excluding hydrogens is 316 g/mol. The van der Waals surface area contributed by atoms with Crippen molar-refractivity contribution in [2.24, 2.45) is 0 Å². The van der Waals surface area contributed by atoms with Gasteiger partial charge in [-0.05, 0) is 44.0 Å². The second kappa shape index (κ2) is 7.33. The van der Waals surface area contributed by atoms with Crippen molar-refractivity contribution in [3.05, 3.63) is 23.8 Å². The van der Waals surface area contributed by atoms with E-state index >= 15 is 0 Å². The fourth-order valence-corrected chi connectivity index (χ4v) is 3.69. The highest BCUT2D eigenvalue weighted by atomic mass is 16.2. The van der Waals surface area contributed by atoms with E-state index in [2.05, 4.69) is 23.1 Å². The van der Waals surface area contributed by atoms with Crippen LogP contribution in [0.1, 0.15) is 25.8 Å². The van der Waals surface area contributed by atoms with Gasteiger partial charge >= 0.3 is 6.03 Å². The minimum Gasteiger partial charge on any atom is -0.368 e. The van der Waals surface area contributed by atoms with Crippen molar-refractivity contribution < 1.29 is 9.59 Å². The van der Waals surface area contributed by atoms with Crippen LogP contribution in [0.4, 0.5) is 16.2 Å². The predicted octanol–water partition coefficient (Wildman–Crippen LogP) is 2.18. The Morgan fingerprint density at radius 1 is 1.08 bits per heavy atom. The van der Waals surface area contributed by atoms with Crippen LogP contribution in [-0.4, -0.2) is 68.1 Å². The number of amides is 3. The summed E-state index contributed by atoms with van der Waals surface area (Å²) in [7, 11) is 1.84. The molecule has 136 valence electrons. The summed E-state index contributed by atoms with van der Waals surface area (Å²) in [6, 6.07) is 6.50. The monoisotopic (exact) mass is 344 g/mol. The molecule has 1 aromatic carbocycles. The number of carbonyl (C=O) groups excluding carboxylic acids is 2. The minimum atomic E-state index is 0.148. The summed E-state index contributed by atoms with van der Waals surface area (Å²) in [5.74, 6) is 0.184. The molecule has 3 rings (SSSR count). The smallest absolute Gasteiger partial charge is 0.320 e. The van der Waals surface area contributed by atoms with E-state index in [0.717, 1.165) is 51.4 Å². The van der Waals surface area contributed by atoms with Crippen molar-refractivity contribution in [2.45, 2.75) is 26.7 Å². The van der Waals surface area contributed by atoms with Gasteiger partial charge in [0.25, 0.3) is 0 Å². The number of urea groups is 1. The number of rotatable bonds is 3. The SMILES string of the molecule is CCN(CC)C(=O)N1CCN(c2ccc3c(c2)CCC(=O)N3C)CC1. The van der Waals surface area contributed by atoms with Crippen LogP contribution < -0.4 is 9.80 Å². The molecule has 3 amide bonds. The molecule has 0 N–H and O–H groups in total. The van der Waals surface area contributed by atoms with Gasteiger partial charge in [-0.25, -0.2) is 4.79 Å². The summed E-state index contributed by atoms with van der Waals surface area (Å²) >= 11 is 0. The van der Waals surface area contributed by atoms with Gasteiger partial charge in [0.2, 0.25) is 5.91 Å². The molecule has 1 saturated heterocycles. The molecule has 0 atom stereocenters. The van der Waals surface area contributed by atoms with Crippen LogP contribution in [-0.2, 0) is 11.2 Å². The Bertz CT molecular complexity index is 649. The Kier molecular flexibility index (Phi) is 5.16. The first-order valence-corrected chi connectivity index (χ1v) is 9.23. The lowest BCUT2D eigenvalue weighted by atomic mass is 10.0. The average molecular weight is 344 g/mol. The van der Waals surface area contributed by atoms with Crippen LogP contribution in [0, 0.1) is 0 Å². The summed E-state index contributed by atoms with van der Waals surface area (Å²) in [5, 5.41) is 0. The number of aryl methyl sites for hydroxylation is 1. The molecule has 0 bridgehead atoms. The lowest BCUT2D eigenvalue weighted by Crippen LogP contribution is -2.52. The van der Waals surface area contributed by atoms with Gasteiger partial charge in [0.15, 0.2) is 0 Å². The Labute approximate surface area is 150 Å². The second-order valence-corrected chi connectivity index (χ2v) is 6.69. The van der Waals surface area contributed by atoms with Gasteiger partial charge < -0.3 is 19.6 Å². The van der Waals surface area contributed by atoms with Crippen molar-refractivity contribution in [2.75, 3.05) is 56.1 Å². The lowest BCUT2D eigenvalue weighted by Gasteiger charge is -2.38. The van der Waals surface area contributed by atoms with Crippen LogP contribution in [0.15, 0.2) is 18.2 Å². The van der Waals surface area contributed by atoms with E-state index in [0.29, 0.717) is 6.42 Å². The molecule has 0 radical (unpaired) electrons. The van der Waals surface area contributed by atoms with Crippen molar-refractivity contribution in [1.82, 2.24) is 9.80 Å². The lowest BCUT2D eigenvalue weighted by molar-refractivity contribution is -0.118. The summed E-state index contributed by atoms with van der Waals surface area (Å²) < 4.78 is 0. The number of piperazine rings is 1. The number of fused-ring (bicyclic) bond motifs is 1. The third-order valence-electron chi connectivity index (χ3n) is 5.36. The number of benzene rings is 1. The molecule has 25 heavy (non-hydrogen) atoms. The van der Waals surface area contributed by atoms with E-state index in [-0.39, 0.29) is 11.9 Å². The average Bonchev–Trinajstić information content (AvgIpc) is 2.65. The number of hydrogen-bond donors (Lipinski definition) is 0. The number of anilines is 2. The first kappa shape index (κ1) is 17.6. The van der Waals surface area contributed by atoms with Gasteiger partial charge in [-0.3, -0.25) is 4.79 Å². The zero-order chi connectivity index (χ0) is 18.0. The van der Waals surface area contributed by atoms with Crippen molar-refractivity contribution >= 4 is 23.3 Å². The maximum atomic E-state index is 12.5. The molecule has 0 saturated carbocycles. The van der Waals surface area contributed by atoms with E-state index in [1.807, 2.05) is 30.7 Å². The molecule has 0 aromatic heterocycles. The van der Waals surface area contributed by atoms with E-state index < -0.39 is 0 Å². The fraction of sp³-hybridized carbons (Fsp3) is 0.579. The van der Waals surface area contributed by atoms with Gasteiger partial charge in [-0.1, -0.05) is 0 Å².